The Hall–Kier alpha value is -3.13. The minimum Gasteiger partial charge on any atom is -0.352 e. The molecular weight excluding hydrogens is 412 g/mol. The number of hydrogen-bond donors (Lipinski definition) is 1. The van der Waals surface area contributed by atoms with E-state index in [0.29, 0.717) is 18.7 Å². The van der Waals surface area contributed by atoms with Gasteiger partial charge in [-0.2, -0.15) is 0 Å². The maximum Gasteiger partial charge on any atom is 0.232 e. The van der Waals surface area contributed by atoms with Crippen LogP contribution in [0.3, 0.4) is 0 Å². The molecule has 0 bridgehead atoms. The van der Waals surface area contributed by atoms with E-state index in [9.17, 15) is 13.2 Å². The van der Waals surface area contributed by atoms with Crippen molar-refractivity contribution in [3.05, 3.63) is 77.9 Å². The quantitative estimate of drug-likeness (QED) is 0.553. The van der Waals surface area contributed by atoms with Crippen LogP contribution >= 0.6 is 0 Å². The standard InChI is InChI=1S/C23H28N4O3S/c1-18-13-19(2)15-22(14-18)27(31(3,29)30)11-4-5-23(28)25-16-20-6-8-21(9-7-20)26-12-10-24-17-26/h6-10,12-15,17H,4-5,11,16H2,1-3H3,(H,25,28). The Bertz CT molecular complexity index is 1100. The molecule has 0 aliphatic rings. The molecule has 164 valence electrons. The van der Waals surface area contributed by atoms with Gasteiger partial charge in [-0.05, 0) is 61.2 Å². The van der Waals surface area contributed by atoms with E-state index in [1.165, 1.54) is 10.6 Å². The fourth-order valence-electron chi connectivity index (χ4n) is 3.45. The number of anilines is 1. The van der Waals surface area contributed by atoms with Gasteiger partial charge in [0.1, 0.15) is 0 Å². The van der Waals surface area contributed by atoms with E-state index in [0.717, 1.165) is 22.4 Å². The summed E-state index contributed by atoms with van der Waals surface area (Å²) in [5, 5.41) is 2.90. The average molecular weight is 441 g/mol. The number of sulfonamides is 1. The fraction of sp³-hybridized carbons (Fsp3) is 0.304. The third-order valence-electron chi connectivity index (χ3n) is 4.89. The zero-order valence-electron chi connectivity index (χ0n) is 18.1. The first-order valence-corrected chi connectivity index (χ1v) is 12.0. The highest BCUT2D eigenvalue weighted by Gasteiger charge is 2.18. The predicted octanol–water partition coefficient (Wildman–Crippen LogP) is 3.35. The Kier molecular flexibility index (Phi) is 7.12. The number of carbonyl (C=O) groups excluding carboxylic acids is 1. The van der Waals surface area contributed by atoms with Gasteiger partial charge in [0.25, 0.3) is 0 Å². The van der Waals surface area contributed by atoms with Crippen LogP contribution in [-0.4, -0.2) is 36.7 Å². The first-order chi connectivity index (χ1) is 14.7. The molecule has 0 radical (unpaired) electrons. The van der Waals surface area contributed by atoms with Crippen molar-refractivity contribution in [1.82, 2.24) is 14.9 Å². The molecule has 1 heterocycles. The van der Waals surface area contributed by atoms with E-state index in [4.69, 9.17) is 0 Å². The van der Waals surface area contributed by atoms with Crippen molar-refractivity contribution in [3.63, 3.8) is 0 Å². The average Bonchev–Trinajstić information content (AvgIpc) is 3.23. The molecule has 0 saturated carbocycles. The second-order valence-corrected chi connectivity index (χ2v) is 9.60. The van der Waals surface area contributed by atoms with Crippen LogP contribution < -0.4 is 9.62 Å². The van der Waals surface area contributed by atoms with E-state index in [-0.39, 0.29) is 18.9 Å². The summed E-state index contributed by atoms with van der Waals surface area (Å²) in [7, 11) is -3.43. The molecule has 8 heteroatoms. The van der Waals surface area contributed by atoms with Crippen molar-refractivity contribution in [2.75, 3.05) is 17.1 Å². The van der Waals surface area contributed by atoms with Gasteiger partial charge in [0, 0.05) is 37.6 Å². The Morgan fingerprint density at radius 2 is 1.77 bits per heavy atom. The van der Waals surface area contributed by atoms with Crippen LogP contribution in [0.2, 0.25) is 0 Å². The third kappa shape index (κ3) is 6.42. The predicted molar refractivity (Wildman–Crippen MR) is 123 cm³/mol. The number of hydrogen-bond acceptors (Lipinski definition) is 4. The van der Waals surface area contributed by atoms with Gasteiger partial charge in [0.15, 0.2) is 0 Å². The molecule has 3 aromatic rings. The molecule has 0 fully saturated rings. The molecule has 0 spiro atoms. The Labute approximate surface area is 183 Å². The Balaban J connectivity index is 1.51. The molecule has 2 aromatic carbocycles. The van der Waals surface area contributed by atoms with Gasteiger partial charge in [-0.3, -0.25) is 9.10 Å². The molecule has 0 aliphatic heterocycles. The first-order valence-electron chi connectivity index (χ1n) is 10.1. The second-order valence-electron chi connectivity index (χ2n) is 7.70. The summed E-state index contributed by atoms with van der Waals surface area (Å²) < 4.78 is 27.8. The van der Waals surface area contributed by atoms with Gasteiger partial charge in [0.2, 0.25) is 15.9 Å². The van der Waals surface area contributed by atoms with Crippen LogP contribution in [0, 0.1) is 13.8 Å². The van der Waals surface area contributed by atoms with Crippen LogP contribution in [0.25, 0.3) is 5.69 Å². The summed E-state index contributed by atoms with van der Waals surface area (Å²) in [5.41, 5.74) is 4.63. The number of rotatable bonds is 9. The van der Waals surface area contributed by atoms with E-state index >= 15 is 0 Å². The maximum absolute atomic E-state index is 12.3. The molecule has 1 aromatic heterocycles. The van der Waals surface area contributed by atoms with Gasteiger partial charge < -0.3 is 9.88 Å². The van der Waals surface area contributed by atoms with E-state index in [1.54, 1.807) is 12.5 Å². The summed E-state index contributed by atoms with van der Waals surface area (Å²) in [5.74, 6) is -0.104. The van der Waals surface area contributed by atoms with Crippen LogP contribution in [0.5, 0.6) is 0 Å². The van der Waals surface area contributed by atoms with Gasteiger partial charge in [-0.15, -0.1) is 0 Å². The largest absolute Gasteiger partial charge is 0.352 e. The summed E-state index contributed by atoms with van der Waals surface area (Å²) in [6.07, 6.45) is 7.20. The van der Waals surface area contributed by atoms with Crippen molar-refractivity contribution >= 4 is 21.6 Å². The van der Waals surface area contributed by atoms with Crippen molar-refractivity contribution in [2.45, 2.75) is 33.2 Å². The SMILES string of the molecule is Cc1cc(C)cc(N(CCCC(=O)NCc2ccc(-n3ccnc3)cc2)S(C)(=O)=O)c1. The number of amides is 1. The van der Waals surface area contributed by atoms with Crippen molar-refractivity contribution in [2.24, 2.45) is 0 Å². The normalized spacial score (nSPS) is 11.3. The molecule has 0 unspecified atom stereocenters. The Morgan fingerprint density at radius 3 is 2.35 bits per heavy atom. The van der Waals surface area contributed by atoms with Gasteiger partial charge in [-0.25, -0.2) is 13.4 Å². The lowest BCUT2D eigenvalue weighted by molar-refractivity contribution is -0.121. The molecule has 1 amide bonds. The summed E-state index contributed by atoms with van der Waals surface area (Å²) in [6, 6.07) is 13.6. The minimum atomic E-state index is -3.43. The molecule has 0 atom stereocenters. The summed E-state index contributed by atoms with van der Waals surface area (Å²) in [4.78, 5) is 16.3. The second kappa shape index (κ2) is 9.78. The zero-order chi connectivity index (χ0) is 22.4. The van der Waals surface area contributed by atoms with E-state index in [2.05, 4.69) is 10.3 Å². The highest BCUT2D eigenvalue weighted by molar-refractivity contribution is 7.92. The van der Waals surface area contributed by atoms with Crippen LogP contribution in [0.4, 0.5) is 5.69 Å². The number of aryl methyl sites for hydroxylation is 2. The zero-order valence-corrected chi connectivity index (χ0v) is 18.9. The highest BCUT2D eigenvalue weighted by Crippen LogP contribution is 2.22. The smallest absolute Gasteiger partial charge is 0.232 e. The number of nitrogens with zero attached hydrogens (tertiary/aromatic N) is 3. The van der Waals surface area contributed by atoms with Crippen LogP contribution in [0.15, 0.2) is 61.2 Å². The first kappa shape index (κ1) is 22.6. The monoisotopic (exact) mass is 440 g/mol. The number of aromatic nitrogens is 2. The lowest BCUT2D eigenvalue weighted by Crippen LogP contribution is -2.32. The van der Waals surface area contributed by atoms with Crippen molar-refractivity contribution in [1.29, 1.82) is 0 Å². The fourth-order valence-corrected chi connectivity index (χ4v) is 4.40. The number of nitrogens with one attached hydrogen (secondary N) is 1. The van der Waals surface area contributed by atoms with Gasteiger partial charge in [0.05, 0.1) is 18.3 Å². The lowest BCUT2D eigenvalue weighted by atomic mass is 10.1. The van der Waals surface area contributed by atoms with E-state index < -0.39 is 10.0 Å². The third-order valence-corrected chi connectivity index (χ3v) is 6.08. The molecule has 7 nitrogen and oxygen atoms in total. The highest BCUT2D eigenvalue weighted by atomic mass is 32.2. The van der Waals surface area contributed by atoms with Crippen molar-refractivity contribution < 1.29 is 13.2 Å². The minimum absolute atomic E-state index is 0.104. The number of benzene rings is 2. The molecule has 1 N–H and O–H groups in total. The summed E-state index contributed by atoms with van der Waals surface area (Å²) >= 11 is 0. The molecule has 0 aliphatic carbocycles. The van der Waals surface area contributed by atoms with Crippen molar-refractivity contribution in [3.8, 4) is 5.69 Å². The molecule has 3 rings (SSSR count). The van der Waals surface area contributed by atoms with Crippen LogP contribution in [-0.2, 0) is 21.4 Å². The topological polar surface area (TPSA) is 84.3 Å². The number of carbonyl (C=O) groups is 1. The lowest BCUT2D eigenvalue weighted by Gasteiger charge is -2.23. The van der Waals surface area contributed by atoms with Gasteiger partial charge in [-0.1, -0.05) is 18.2 Å². The Morgan fingerprint density at radius 1 is 1.10 bits per heavy atom. The van der Waals surface area contributed by atoms with Gasteiger partial charge >= 0.3 is 0 Å². The summed E-state index contributed by atoms with van der Waals surface area (Å²) in [6.45, 7) is 4.56. The molecule has 31 heavy (non-hydrogen) atoms. The number of imidazole rings is 1. The maximum atomic E-state index is 12.3. The molecular formula is C23H28N4O3S. The van der Waals surface area contributed by atoms with Crippen LogP contribution in [0.1, 0.15) is 29.5 Å². The molecule has 0 saturated heterocycles. The van der Waals surface area contributed by atoms with E-state index in [1.807, 2.05) is 67.1 Å².